The molecule has 1 fully saturated rings. The van der Waals surface area contributed by atoms with Crippen LogP contribution in [0.2, 0.25) is 0 Å². The molecule has 1 aromatic rings. The maximum absolute atomic E-state index is 10.2. The van der Waals surface area contributed by atoms with Crippen molar-refractivity contribution in [1.29, 1.82) is 0 Å². The first-order valence-corrected chi connectivity index (χ1v) is 6.29. The normalized spacial score (nSPS) is 15.6. The van der Waals surface area contributed by atoms with Gasteiger partial charge in [-0.05, 0) is 6.07 Å². The van der Waals surface area contributed by atoms with Crippen LogP contribution >= 0.6 is 0 Å². The fraction of sp³-hybridized carbons (Fsp3) is 0.500. The average molecular weight is 263 g/mol. The minimum absolute atomic E-state index is 0.146. The van der Waals surface area contributed by atoms with E-state index in [4.69, 9.17) is 14.2 Å². The molecule has 0 aromatic heterocycles. The van der Waals surface area contributed by atoms with E-state index in [1.807, 2.05) is 18.2 Å². The lowest BCUT2D eigenvalue weighted by Crippen LogP contribution is -2.26. The highest BCUT2D eigenvalue weighted by Crippen LogP contribution is 2.33. The molecule has 0 atom stereocenters. The Labute approximate surface area is 112 Å². The molecular weight excluding hydrogens is 246 g/mol. The van der Waals surface area contributed by atoms with Crippen LogP contribution in [0, 0.1) is 0 Å². The van der Waals surface area contributed by atoms with E-state index in [9.17, 15) is 4.79 Å². The number of hydrogen-bond donors (Lipinski definition) is 0. The van der Waals surface area contributed by atoms with Gasteiger partial charge in [0.15, 0.2) is 11.5 Å². The molecule has 0 unspecified atom stereocenters. The second kappa shape index (κ2) is 6.92. The zero-order valence-corrected chi connectivity index (χ0v) is 10.9. The molecule has 102 valence electrons. The van der Waals surface area contributed by atoms with E-state index in [0.29, 0.717) is 11.5 Å². The molecule has 0 N–H and O–H groups in total. The van der Waals surface area contributed by atoms with Crippen molar-refractivity contribution in [3.05, 3.63) is 23.8 Å². The Hall–Kier alpha value is -1.84. The van der Waals surface area contributed by atoms with Crippen LogP contribution in [0.25, 0.3) is 0 Å². The summed E-state index contributed by atoms with van der Waals surface area (Å²) in [6, 6.07) is 5.59. The summed E-state index contributed by atoms with van der Waals surface area (Å²) in [5.41, 5.74) is 0.815. The Kier molecular flexibility index (Phi) is 4.95. The molecular formula is C14H17NO4. The zero-order chi connectivity index (χ0) is 13.5. The Morgan fingerprint density at radius 2 is 2.21 bits per heavy atom. The van der Waals surface area contributed by atoms with Crippen LogP contribution < -0.4 is 9.47 Å². The molecule has 1 saturated heterocycles. The molecule has 1 aliphatic rings. The van der Waals surface area contributed by atoms with Crippen molar-refractivity contribution >= 4 is 6.08 Å². The number of ether oxygens (including phenoxy) is 3. The third kappa shape index (κ3) is 3.56. The number of rotatable bonds is 5. The lowest BCUT2D eigenvalue weighted by Gasteiger charge is -2.24. The van der Waals surface area contributed by atoms with Crippen LogP contribution in [0.1, 0.15) is 18.4 Å². The molecule has 2 rings (SSSR count). The van der Waals surface area contributed by atoms with Gasteiger partial charge in [0, 0.05) is 18.4 Å². The number of para-hydroxylation sites is 1. The van der Waals surface area contributed by atoms with Crippen molar-refractivity contribution in [1.82, 2.24) is 0 Å². The molecule has 0 aliphatic carbocycles. The maximum atomic E-state index is 10.2. The third-order valence-electron chi connectivity index (χ3n) is 3.04. The number of nitrogens with zero attached hydrogens (tertiary/aromatic N) is 1. The Morgan fingerprint density at radius 3 is 2.89 bits per heavy atom. The first-order valence-electron chi connectivity index (χ1n) is 6.29. The van der Waals surface area contributed by atoms with Crippen LogP contribution in [0.4, 0.5) is 0 Å². The van der Waals surface area contributed by atoms with Gasteiger partial charge in [-0.3, -0.25) is 0 Å². The molecule has 0 bridgehead atoms. The van der Waals surface area contributed by atoms with E-state index in [0.717, 1.165) is 31.6 Å². The molecule has 0 radical (unpaired) electrons. The van der Waals surface area contributed by atoms with E-state index in [-0.39, 0.29) is 12.6 Å². The molecule has 5 heteroatoms. The standard InChI is InChI=1S/C14H17NO4/c1-17-14-11(9-15-10-16)3-2-4-13(14)19-12-5-7-18-8-6-12/h2-4,12H,5-9H2,1H3. The second-order valence-electron chi connectivity index (χ2n) is 4.29. The van der Waals surface area contributed by atoms with Crippen molar-refractivity contribution in [2.45, 2.75) is 25.5 Å². The number of methoxy groups -OCH3 is 1. The smallest absolute Gasteiger partial charge is 0.235 e. The summed E-state index contributed by atoms with van der Waals surface area (Å²) in [6.45, 7) is 1.70. The highest BCUT2D eigenvalue weighted by molar-refractivity contribution is 5.47. The first kappa shape index (κ1) is 13.6. The fourth-order valence-electron chi connectivity index (χ4n) is 2.10. The Bertz CT molecular complexity index is 463. The second-order valence-corrected chi connectivity index (χ2v) is 4.29. The largest absolute Gasteiger partial charge is 0.493 e. The van der Waals surface area contributed by atoms with E-state index in [1.54, 1.807) is 7.11 Å². The summed E-state index contributed by atoms with van der Waals surface area (Å²) in [6.07, 6.45) is 3.43. The first-order chi connectivity index (χ1) is 9.35. The van der Waals surface area contributed by atoms with Crippen molar-refractivity contribution in [2.24, 2.45) is 4.99 Å². The van der Waals surface area contributed by atoms with Gasteiger partial charge in [0.1, 0.15) is 6.10 Å². The zero-order valence-electron chi connectivity index (χ0n) is 10.9. The Morgan fingerprint density at radius 1 is 1.42 bits per heavy atom. The molecule has 0 saturated carbocycles. The highest BCUT2D eigenvalue weighted by Gasteiger charge is 2.18. The summed E-state index contributed by atoms with van der Waals surface area (Å²) in [5, 5.41) is 0. The monoisotopic (exact) mass is 263 g/mol. The number of benzene rings is 1. The summed E-state index contributed by atoms with van der Waals surface area (Å²) in [7, 11) is 1.58. The van der Waals surface area contributed by atoms with Gasteiger partial charge in [0.25, 0.3) is 0 Å². The van der Waals surface area contributed by atoms with E-state index in [1.165, 1.54) is 6.08 Å². The van der Waals surface area contributed by atoms with Crippen molar-refractivity contribution in [2.75, 3.05) is 20.3 Å². The van der Waals surface area contributed by atoms with Crippen molar-refractivity contribution in [3.63, 3.8) is 0 Å². The van der Waals surface area contributed by atoms with E-state index < -0.39 is 0 Å². The van der Waals surface area contributed by atoms with Gasteiger partial charge in [-0.1, -0.05) is 12.1 Å². The van der Waals surface area contributed by atoms with Crippen LogP contribution in [-0.2, 0) is 16.1 Å². The van der Waals surface area contributed by atoms with Crippen LogP contribution in [0.5, 0.6) is 11.5 Å². The molecule has 19 heavy (non-hydrogen) atoms. The predicted molar refractivity (Wildman–Crippen MR) is 69.3 cm³/mol. The van der Waals surface area contributed by atoms with Gasteiger partial charge in [-0.2, -0.15) is 0 Å². The number of isocyanates is 1. The topological polar surface area (TPSA) is 57.1 Å². The maximum Gasteiger partial charge on any atom is 0.235 e. The number of aliphatic imine (C=N–C) groups is 1. The van der Waals surface area contributed by atoms with Crippen molar-refractivity contribution < 1.29 is 19.0 Å². The summed E-state index contributed by atoms with van der Waals surface area (Å²) >= 11 is 0. The SMILES string of the molecule is COc1c(CN=C=O)cccc1OC1CCOCC1. The van der Waals surface area contributed by atoms with Gasteiger partial charge < -0.3 is 14.2 Å². The quantitative estimate of drug-likeness (QED) is 0.603. The minimum Gasteiger partial charge on any atom is -0.493 e. The number of carbonyl (C=O) groups excluding carboxylic acids is 1. The molecule has 0 amide bonds. The molecule has 1 aromatic carbocycles. The predicted octanol–water partition coefficient (Wildman–Crippen LogP) is 2.09. The summed E-state index contributed by atoms with van der Waals surface area (Å²) in [5.74, 6) is 1.32. The highest BCUT2D eigenvalue weighted by atomic mass is 16.5. The lowest BCUT2D eigenvalue weighted by molar-refractivity contribution is 0.0245. The lowest BCUT2D eigenvalue weighted by atomic mass is 10.1. The van der Waals surface area contributed by atoms with Gasteiger partial charge >= 0.3 is 0 Å². The van der Waals surface area contributed by atoms with Crippen LogP contribution in [-0.4, -0.2) is 32.5 Å². The Balaban J connectivity index is 2.16. The molecule has 0 spiro atoms. The van der Waals surface area contributed by atoms with Crippen LogP contribution in [0.3, 0.4) is 0 Å². The molecule has 5 nitrogen and oxygen atoms in total. The fourth-order valence-corrected chi connectivity index (χ4v) is 2.10. The van der Waals surface area contributed by atoms with Crippen molar-refractivity contribution in [3.8, 4) is 11.5 Å². The van der Waals surface area contributed by atoms with Gasteiger partial charge in [-0.25, -0.2) is 9.79 Å². The van der Waals surface area contributed by atoms with E-state index in [2.05, 4.69) is 4.99 Å². The summed E-state index contributed by atoms with van der Waals surface area (Å²) < 4.78 is 16.6. The minimum atomic E-state index is 0.146. The third-order valence-corrected chi connectivity index (χ3v) is 3.04. The van der Waals surface area contributed by atoms with Gasteiger partial charge in [0.05, 0.1) is 26.9 Å². The number of hydrogen-bond acceptors (Lipinski definition) is 5. The van der Waals surface area contributed by atoms with Gasteiger partial charge in [0.2, 0.25) is 6.08 Å². The van der Waals surface area contributed by atoms with E-state index >= 15 is 0 Å². The molecule has 1 heterocycles. The summed E-state index contributed by atoms with van der Waals surface area (Å²) in [4.78, 5) is 13.8. The molecule has 1 aliphatic heterocycles. The van der Waals surface area contributed by atoms with Crippen LogP contribution in [0.15, 0.2) is 23.2 Å². The van der Waals surface area contributed by atoms with Gasteiger partial charge in [-0.15, -0.1) is 0 Å². The average Bonchev–Trinajstić information content (AvgIpc) is 2.46.